The monoisotopic (exact) mass is 211 g/mol. The Hall–Kier alpha value is -1.16. The van der Waals surface area contributed by atoms with E-state index in [2.05, 4.69) is 4.98 Å². The number of nitrogens with two attached hydrogens (primary N) is 1. The summed E-state index contributed by atoms with van der Waals surface area (Å²) in [5.41, 5.74) is 5.73. The number of rotatable bonds is 4. The third-order valence-electron chi connectivity index (χ3n) is 2.12. The topological polar surface area (TPSA) is 42.1 Å². The second-order valence-corrected chi connectivity index (χ2v) is 4.03. The summed E-state index contributed by atoms with van der Waals surface area (Å²) in [6.07, 6.45) is 1.59. The van der Waals surface area contributed by atoms with Crippen LogP contribution in [0.25, 0.3) is 0 Å². The van der Waals surface area contributed by atoms with E-state index < -0.39 is 0 Å². The molecule has 2 N–H and O–H groups in total. The molecular weight excluding hydrogens is 193 g/mol. The molecule has 0 fully saturated rings. The molecule has 0 radical (unpaired) electrons. The van der Waals surface area contributed by atoms with Gasteiger partial charge in [0.1, 0.15) is 0 Å². The minimum atomic E-state index is -0.299. The highest BCUT2D eigenvalue weighted by Crippen LogP contribution is 2.17. The quantitative estimate of drug-likeness (QED) is 0.825. The fourth-order valence-corrected chi connectivity index (χ4v) is 1.44. The van der Waals surface area contributed by atoms with Crippen molar-refractivity contribution in [2.24, 2.45) is 5.73 Å². The lowest BCUT2D eigenvalue weighted by molar-refractivity contribution is 0.569. The number of nitrogens with zero attached hydrogens (tertiary/aromatic N) is 2. The summed E-state index contributed by atoms with van der Waals surface area (Å²) in [7, 11) is 0. The van der Waals surface area contributed by atoms with Crippen molar-refractivity contribution in [1.82, 2.24) is 4.98 Å². The first-order valence-electron chi connectivity index (χ1n) is 5.15. The van der Waals surface area contributed by atoms with Crippen LogP contribution in [0.3, 0.4) is 0 Å². The van der Waals surface area contributed by atoms with E-state index in [1.54, 1.807) is 12.3 Å². The Bertz CT molecular complexity index is 312. The zero-order valence-corrected chi connectivity index (χ0v) is 9.44. The summed E-state index contributed by atoms with van der Waals surface area (Å²) in [6.45, 7) is 6.49. The molecule has 3 nitrogen and oxygen atoms in total. The first-order chi connectivity index (χ1) is 7.02. The molecule has 15 heavy (non-hydrogen) atoms. The summed E-state index contributed by atoms with van der Waals surface area (Å²) in [5.74, 6) is 0.0802. The van der Waals surface area contributed by atoms with Crippen molar-refractivity contribution in [2.75, 3.05) is 11.4 Å². The zero-order valence-electron chi connectivity index (χ0n) is 9.44. The van der Waals surface area contributed by atoms with Gasteiger partial charge in [0.2, 0.25) is 0 Å². The Morgan fingerprint density at radius 1 is 1.47 bits per heavy atom. The molecule has 4 heteroatoms. The Labute approximate surface area is 90.1 Å². The summed E-state index contributed by atoms with van der Waals surface area (Å²) in [4.78, 5) is 5.92. The van der Waals surface area contributed by atoms with Gasteiger partial charge in [-0.05, 0) is 32.9 Å². The van der Waals surface area contributed by atoms with Gasteiger partial charge in [0, 0.05) is 24.8 Å². The standard InChI is InChI=1S/C11H18FN3/c1-8(2)15(7-9(3)13)11-10(12)5-4-6-14-11/h4-6,8-9H,7,13H2,1-3H3. The smallest absolute Gasteiger partial charge is 0.165 e. The van der Waals surface area contributed by atoms with Gasteiger partial charge < -0.3 is 10.6 Å². The highest BCUT2D eigenvalue weighted by Gasteiger charge is 2.16. The van der Waals surface area contributed by atoms with E-state index >= 15 is 0 Å². The van der Waals surface area contributed by atoms with Gasteiger partial charge in [-0.2, -0.15) is 0 Å². The molecule has 0 aliphatic carbocycles. The Morgan fingerprint density at radius 3 is 2.60 bits per heavy atom. The molecule has 0 bridgehead atoms. The summed E-state index contributed by atoms with van der Waals surface area (Å²) >= 11 is 0. The van der Waals surface area contributed by atoms with Crippen LogP contribution in [0.4, 0.5) is 10.2 Å². The van der Waals surface area contributed by atoms with Gasteiger partial charge in [-0.1, -0.05) is 0 Å². The first kappa shape index (κ1) is 11.9. The van der Waals surface area contributed by atoms with Crippen molar-refractivity contribution < 1.29 is 4.39 Å². The molecule has 0 aliphatic heterocycles. The molecule has 1 unspecified atom stereocenters. The molecule has 1 heterocycles. The van der Waals surface area contributed by atoms with Gasteiger partial charge in [0.25, 0.3) is 0 Å². The molecule has 1 atom stereocenters. The van der Waals surface area contributed by atoms with Crippen LogP contribution in [0, 0.1) is 5.82 Å². The van der Waals surface area contributed by atoms with Crippen molar-refractivity contribution in [3.8, 4) is 0 Å². The fraction of sp³-hybridized carbons (Fsp3) is 0.545. The lowest BCUT2D eigenvalue weighted by Gasteiger charge is -2.29. The van der Waals surface area contributed by atoms with Crippen molar-refractivity contribution in [2.45, 2.75) is 32.9 Å². The Balaban J connectivity index is 2.94. The Kier molecular flexibility index (Phi) is 4.03. The molecule has 0 saturated carbocycles. The molecular formula is C11H18FN3. The molecule has 0 spiro atoms. The second-order valence-electron chi connectivity index (χ2n) is 4.03. The largest absolute Gasteiger partial charge is 0.350 e. The lowest BCUT2D eigenvalue weighted by Crippen LogP contribution is -2.41. The number of hydrogen-bond donors (Lipinski definition) is 1. The summed E-state index contributed by atoms with van der Waals surface area (Å²) in [5, 5.41) is 0. The lowest BCUT2D eigenvalue weighted by atomic mass is 10.2. The van der Waals surface area contributed by atoms with E-state index in [-0.39, 0.29) is 17.9 Å². The van der Waals surface area contributed by atoms with E-state index in [9.17, 15) is 4.39 Å². The van der Waals surface area contributed by atoms with Crippen LogP contribution < -0.4 is 10.6 Å². The maximum absolute atomic E-state index is 13.5. The van der Waals surface area contributed by atoms with Crippen LogP contribution in [0.2, 0.25) is 0 Å². The predicted octanol–water partition coefficient (Wildman–Crippen LogP) is 1.78. The van der Waals surface area contributed by atoms with Gasteiger partial charge >= 0.3 is 0 Å². The number of pyridine rings is 1. The van der Waals surface area contributed by atoms with E-state index in [0.717, 1.165) is 0 Å². The molecule has 0 saturated heterocycles. The average Bonchev–Trinajstić information content (AvgIpc) is 2.15. The fourth-order valence-electron chi connectivity index (χ4n) is 1.44. The van der Waals surface area contributed by atoms with E-state index in [1.165, 1.54) is 6.07 Å². The van der Waals surface area contributed by atoms with Gasteiger partial charge in [0.05, 0.1) is 0 Å². The molecule has 0 amide bonds. The number of aromatic nitrogens is 1. The molecule has 1 aromatic rings. The summed E-state index contributed by atoms with van der Waals surface area (Å²) in [6, 6.07) is 3.18. The SMILES string of the molecule is CC(N)CN(c1ncccc1F)C(C)C. The van der Waals surface area contributed by atoms with Crippen LogP contribution in [0.1, 0.15) is 20.8 Å². The normalized spacial score (nSPS) is 12.9. The van der Waals surface area contributed by atoms with E-state index in [4.69, 9.17) is 5.73 Å². The van der Waals surface area contributed by atoms with Crippen molar-refractivity contribution >= 4 is 5.82 Å². The highest BCUT2D eigenvalue weighted by atomic mass is 19.1. The third kappa shape index (κ3) is 3.16. The number of hydrogen-bond acceptors (Lipinski definition) is 3. The van der Waals surface area contributed by atoms with Gasteiger partial charge in [-0.15, -0.1) is 0 Å². The first-order valence-corrected chi connectivity index (χ1v) is 5.15. The van der Waals surface area contributed by atoms with Gasteiger partial charge in [0.15, 0.2) is 11.6 Å². The maximum Gasteiger partial charge on any atom is 0.165 e. The third-order valence-corrected chi connectivity index (χ3v) is 2.12. The second kappa shape index (κ2) is 5.07. The maximum atomic E-state index is 13.5. The van der Waals surface area contributed by atoms with Crippen LogP contribution in [-0.2, 0) is 0 Å². The van der Waals surface area contributed by atoms with Crippen molar-refractivity contribution in [1.29, 1.82) is 0 Å². The average molecular weight is 211 g/mol. The molecule has 1 aromatic heterocycles. The van der Waals surface area contributed by atoms with Crippen molar-refractivity contribution in [3.63, 3.8) is 0 Å². The molecule has 84 valence electrons. The molecule has 0 aromatic carbocycles. The van der Waals surface area contributed by atoms with Crippen LogP contribution >= 0.6 is 0 Å². The van der Waals surface area contributed by atoms with Crippen LogP contribution in [0.15, 0.2) is 18.3 Å². The number of anilines is 1. The summed E-state index contributed by atoms with van der Waals surface area (Å²) < 4.78 is 13.5. The van der Waals surface area contributed by atoms with Gasteiger partial charge in [-0.25, -0.2) is 9.37 Å². The molecule has 0 aliphatic rings. The minimum Gasteiger partial charge on any atom is -0.350 e. The van der Waals surface area contributed by atoms with E-state index in [1.807, 2.05) is 25.7 Å². The Morgan fingerprint density at radius 2 is 2.13 bits per heavy atom. The van der Waals surface area contributed by atoms with Crippen LogP contribution in [0.5, 0.6) is 0 Å². The minimum absolute atomic E-state index is 0.00574. The zero-order chi connectivity index (χ0) is 11.4. The highest BCUT2D eigenvalue weighted by molar-refractivity contribution is 5.40. The molecule has 1 rings (SSSR count). The predicted molar refractivity (Wildman–Crippen MR) is 60.3 cm³/mol. The van der Waals surface area contributed by atoms with Gasteiger partial charge in [-0.3, -0.25) is 0 Å². The van der Waals surface area contributed by atoms with Crippen molar-refractivity contribution in [3.05, 3.63) is 24.1 Å². The van der Waals surface area contributed by atoms with E-state index in [0.29, 0.717) is 12.4 Å². The van der Waals surface area contributed by atoms with Crippen LogP contribution in [-0.4, -0.2) is 23.6 Å². The number of halogens is 1.